The molecule has 1 aliphatic heterocycles. The van der Waals surface area contributed by atoms with Crippen LogP contribution in [0.15, 0.2) is 66.7 Å². The Bertz CT molecular complexity index is 1400. The number of pyridine rings is 1. The van der Waals surface area contributed by atoms with Crippen LogP contribution in [0, 0.1) is 13.8 Å². The molecule has 0 aliphatic carbocycles. The van der Waals surface area contributed by atoms with E-state index in [2.05, 4.69) is 4.98 Å². The molecule has 0 amide bonds. The minimum atomic E-state index is 0.0479. The molecular formula is C29H25NO3. The van der Waals surface area contributed by atoms with Crippen LogP contribution in [0.2, 0.25) is 0 Å². The molecule has 0 spiro atoms. The molecule has 4 nitrogen and oxygen atoms in total. The molecule has 0 atom stereocenters. The second-order valence-corrected chi connectivity index (χ2v) is 8.74. The number of hydrogen-bond donors (Lipinski definition) is 0. The van der Waals surface area contributed by atoms with Gasteiger partial charge >= 0.3 is 0 Å². The molecule has 0 fully saturated rings. The lowest BCUT2D eigenvalue weighted by atomic mass is 9.94. The van der Waals surface area contributed by atoms with E-state index in [1.54, 1.807) is 0 Å². The molecule has 164 valence electrons. The monoisotopic (exact) mass is 435 g/mol. The highest BCUT2D eigenvalue weighted by Crippen LogP contribution is 2.27. The topological polar surface area (TPSA) is 56.3 Å². The van der Waals surface area contributed by atoms with E-state index in [1.807, 2.05) is 80.6 Å². The smallest absolute Gasteiger partial charge is 0.167 e. The van der Waals surface area contributed by atoms with E-state index in [1.165, 1.54) is 0 Å². The van der Waals surface area contributed by atoms with Gasteiger partial charge in [-0.3, -0.25) is 14.6 Å². The van der Waals surface area contributed by atoms with Gasteiger partial charge < -0.3 is 4.74 Å². The summed E-state index contributed by atoms with van der Waals surface area (Å²) in [5, 5.41) is 0.959. The molecule has 1 aromatic heterocycles. The number of aryl methyl sites for hydroxylation is 2. The number of benzene rings is 3. The fraction of sp³-hybridized carbons (Fsp3) is 0.207. The van der Waals surface area contributed by atoms with Crippen molar-refractivity contribution >= 4 is 22.5 Å². The average Bonchev–Trinajstić information content (AvgIpc) is 3.28. The number of carbonyl (C=O) groups is 2. The molecular weight excluding hydrogens is 410 g/mol. The van der Waals surface area contributed by atoms with Gasteiger partial charge in [0.05, 0.1) is 12.1 Å². The van der Waals surface area contributed by atoms with Crippen LogP contribution in [0.1, 0.15) is 48.7 Å². The Kier molecular flexibility index (Phi) is 5.51. The standard InChI is InChI=1S/C29H25NO3/c1-18-3-5-20(14-27(31)24-8-7-21-11-12-33-29(21)17-24)13-25(18)16-28(32)23-9-10-26-22(15-23)6-4-19(2)30-26/h3-10,13,15,17H,11-12,14,16H2,1-2H3. The number of nitrogens with zero attached hydrogens (tertiary/aromatic N) is 1. The normalized spacial score (nSPS) is 12.4. The minimum absolute atomic E-state index is 0.0479. The summed E-state index contributed by atoms with van der Waals surface area (Å²) in [4.78, 5) is 30.4. The number of hydrogen-bond acceptors (Lipinski definition) is 4. The van der Waals surface area contributed by atoms with Crippen molar-refractivity contribution < 1.29 is 14.3 Å². The zero-order valence-corrected chi connectivity index (χ0v) is 18.9. The first kappa shape index (κ1) is 21.1. The highest BCUT2D eigenvalue weighted by atomic mass is 16.5. The van der Waals surface area contributed by atoms with Crippen molar-refractivity contribution in [2.75, 3.05) is 6.61 Å². The summed E-state index contributed by atoms with van der Waals surface area (Å²) >= 11 is 0. The van der Waals surface area contributed by atoms with Gasteiger partial charge in [-0.15, -0.1) is 0 Å². The third kappa shape index (κ3) is 4.42. The quantitative estimate of drug-likeness (QED) is 0.368. The lowest BCUT2D eigenvalue weighted by molar-refractivity contribution is 0.0986. The van der Waals surface area contributed by atoms with Gasteiger partial charge in [0.2, 0.25) is 0 Å². The van der Waals surface area contributed by atoms with Gasteiger partial charge in [0, 0.05) is 41.5 Å². The number of carbonyl (C=O) groups excluding carboxylic acids is 2. The van der Waals surface area contributed by atoms with Crippen LogP contribution in [-0.2, 0) is 19.3 Å². The van der Waals surface area contributed by atoms with E-state index in [0.29, 0.717) is 30.6 Å². The second kappa shape index (κ2) is 8.62. The van der Waals surface area contributed by atoms with Gasteiger partial charge in [-0.1, -0.05) is 36.4 Å². The summed E-state index contributed by atoms with van der Waals surface area (Å²) in [6.45, 7) is 4.63. The molecule has 1 aliphatic rings. The third-order valence-electron chi connectivity index (χ3n) is 6.30. The number of ketones is 2. The van der Waals surface area contributed by atoms with E-state index in [0.717, 1.165) is 51.0 Å². The Labute approximate surface area is 193 Å². The number of fused-ring (bicyclic) bond motifs is 2. The number of rotatable bonds is 6. The summed E-state index contributed by atoms with van der Waals surface area (Å²) in [7, 11) is 0. The molecule has 33 heavy (non-hydrogen) atoms. The summed E-state index contributed by atoms with van der Waals surface area (Å²) in [6, 6.07) is 21.2. The molecule has 0 radical (unpaired) electrons. The van der Waals surface area contributed by atoms with E-state index in [9.17, 15) is 9.59 Å². The molecule has 4 aromatic rings. The third-order valence-corrected chi connectivity index (χ3v) is 6.30. The van der Waals surface area contributed by atoms with Crippen molar-refractivity contribution in [1.82, 2.24) is 4.98 Å². The zero-order chi connectivity index (χ0) is 22.9. The molecule has 0 unspecified atom stereocenters. The Hall–Kier alpha value is -3.79. The van der Waals surface area contributed by atoms with Crippen LogP contribution < -0.4 is 4.74 Å². The van der Waals surface area contributed by atoms with Crippen molar-refractivity contribution in [1.29, 1.82) is 0 Å². The first-order chi connectivity index (χ1) is 16.0. The number of aromatic nitrogens is 1. The average molecular weight is 436 g/mol. The Morgan fingerprint density at radius 2 is 1.64 bits per heavy atom. The zero-order valence-electron chi connectivity index (χ0n) is 18.9. The largest absolute Gasteiger partial charge is 0.493 e. The molecule has 0 N–H and O–H groups in total. The molecule has 0 saturated carbocycles. The highest BCUT2D eigenvalue weighted by molar-refractivity contribution is 6.01. The summed E-state index contributed by atoms with van der Waals surface area (Å²) in [5.41, 5.74) is 7.24. The lowest BCUT2D eigenvalue weighted by Crippen LogP contribution is -2.08. The van der Waals surface area contributed by atoms with Gasteiger partial charge in [-0.05, 0) is 66.4 Å². The molecule has 4 heteroatoms. The van der Waals surface area contributed by atoms with Gasteiger partial charge in [0.1, 0.15) is 5.75 Å². The fourth-order valence-corrected chi connectivity index (χ4v) is 4.33. The van der Waals surface area contributed by atoms with Crippen molar-refractivity contribution in [3.63, 3.8) is 0 Å². The van der Waals surface area contributed by atoms with Crippen LogP contribution in [0.25, 0.3) is 10.9 Å². The summed E-state index contributed by atoms with van der Waals surface area (Å²) in [5.74, 6) is 0.920. The van der Waals surface area contributed by atoms with E-state index < -0.39 is 0 Å². The Morgan fingerprint density at radius 3 is 2.52 bits per heavy atom. The number of ether oxygens (including phenoxy) is 1. The number of Topliss-reactive ketones (excluding diaryl/α,β-unsaturated/α-hetero) is 2. The van der Waals surface area contributed by atoms with Crippen molar-refractivity contribution in [3.05, 3.63) is 106 Å². The molecule has 5 rings (SSSR count). The Balaban J connectivity index is 1.33. The van der Waals surface area contributed by atoms with Crippen LogP contribution in [-0.4, -0.2) is 23.2 Å². The van der Waals surface area contributed by atoms with Gasteiger partial charge in [-0.2, -0.15) is 0 Å². The van der Waals surface area contributed by atoms with Gasteiger partial charge in [0.15, 0.2) is 11.6 Å². The fourth-order valence-electron chi connectivity index (χ4n) is 4.33. The highest BCUT2D eigenvalue weighted by Gasteiger charge is 2.16. The maximum Gasteiger partial charge on any atom is 0.167 e. The van der Waals surface area contributed by atoms with Gasteiger partial charge in [0.25, 0.3) is 0 Å². The predicted octanol–water partition coefficient (Wildman–Crippen LogP) is 5.64. The van der Waals surface area contributed by atoms with Crippen LogP contribution in [0.4, 0.5) is 0 Å². The molecule has 0 bridgehead atoms. The maximum absolute atomic E-state index is 13.0. The molecule has 2 heterocycles. The lowest BCUT2D eigenvalue weighted by Gasteiger charge is -2.10. The van der Waals surface area contributed by atoms with Gasteiger partial charge in [-0.25, -0.2) is 0 Å². The van der Waals surface area contributed by atoms with Crippen LogP contribution in [0.5, 0.6) is 5.75 Å². The van der Waals surface area contributed by atoms with E-state index >= 15 is 0 Å². The first-order valence-electron chi connectivity index (χ1n) is 11.2. The van der Waals surface area contributed by atoms with Crippen LogP contribution >= 0.6 is 0 Å². The summed E-state index contributed by atoms with van der Waals surface area (Å²) < 4.78 is 5.60. The van der Waals surface area contributed by atoms with E-state index in [4.69, 9.17) is 4.74 Å². The SMILES string of the molecule is Cc1ccc2cc(C(=O)Cc3cc(CC(=O)c4ccc5c(c4)OCC5)ccc3C)ccc2n1. The molecule has 0 saturated heterocycles. The first-order valence-corrected chi connectivity index (χ1v) is 11.2. The minimum Gasteiger partial charge on any atom is -0.493 e. The van der Waals surface area contributed by atoms with Crippen molar-refractivity contribution in [2.45, 2.75) is 33.1 Å². The van der Waals surface area contributed by atoms with Crippen LogP contribution in [0.3, 0.4) is 0 Å². The summed E-state index contributed by atoms with van der Waals surface area (Å²) in [6.07, 6.45) is 1.49. The van der Waals surface area contributed by atoms with E-state index in [-0.39, 0.29) is 11.6 Å². The molecule has 3 aromatic carbocycles. The van der Waals surface area contributed by atoms with Crippen molar-refractivity contribution in [3.8, 4) is 5.75 Å². The maximum atomic E-state index is 13.0. The Morgan fingerprint density at radius 1 is 0.848 bits per heavy atom. The predicted molar refractivity (Wildman–Crippen MR) is 129 cm³/mol. The second-order valence-electron chi connectivity index (χ2n) is 8.74. The van der Waals surface area contributed by atoms with Crippen molar-refractivity contribution in [2.24, 2.45) is 0 Å².